The van der Waals surface area contributed by atoms with Crippen LogP contribution in [0.15, 0.2) is 18.2 Å². The number of halogens is 2. The molecule has 0 bridgehead atoms. The first kappa shape index (κ1) is 14.5. The van der Waals surface area contributed by atoms with Crippen molar-refractivity contribution in [1.82, 2.24) is 5.32 Å². The molecule has 0 aromatic heterocycles. The van der Waals surface area contributed by atoms with Crippen LogP contribution in [0.2, 0.25) is 5.02 Å². The summed E-state index contributed by atoms with van der Waals surface area (Å²) in [6.07, 6.45) is 3.37. The summed E-state index contributed by atoms with van der Waals surface area (Å²) in [6, 6.07) is 5.25. The molecular weight excluding hydrogens is 237 g/mol. The number of hydrogen-bond donors (Lipinski definition) is 1. The Bertz CT molecular complexity index is 352. The Morgan fingerprint density at radius 2 is 2.00 bits per heavy atom. The molecule has 1 rings (SSSR count). The van der Waals surface area contributed by atoms with Gasteiger partial charge in [0.25, 0.3) is 0 Å². The highest BCUT2D eigenvalue weighted by atomic mass is 35.5. The number of nitrogens with one attached hydrogen (secondary N) is 1. The normalized spacial score (nSPS) is 13.1. The monoisotopic (exact) mass is 257 g/mol. The predicted molar refractivity (Wildman–Crippen MR) is 71.9 cm³/mol. The molecule has 0 aliphatic heterocycles. The molecule has 1 aromatic rings. The molecule has 0 fully saturated rings. The minimum Gasteiger partial charge on any atom is -0.313 e. The molecule has 17 heavy (non-hydrogen) atoms. The van der Waals surface area contributed by atoms with Crippen LogP contribution in [0.5, 0.6) is 0 Å². The summed E-state index contributed by atoms with van der Waals surface area (Å²) in [5.41, 5.74) is 0.971. The maximum absolute atomic E-state index is 13.4. The van der Waals surface area contributed by atoms with Crippen LogP contribution in [0.3, 0.4) is 0 Å². The number of hydrogen-bond acceptors (Lipinski definition) is 1. The zero-order chi connectivity index (χ0) is 12.8. The molecule has 3 heteroatoms. The molecule has 0 amide bonds. The minimum absolute atomic E-state index is 0.186. The summed E-state index contributed by atoms with van der Waals surface area (Å²) in [5, 5.41) is 3.41. The van der Waals surface area contributed by atoms with Crippen molar-refractivity contribution in [3.05, 3.63) is 34.6 Å². The predicted octanol–water partition coefficient (Wildman–Crippen LogP) is 4.57. The third-order valence-electron chi connectivity index (χ3n) is 2.97. The molecule has 1 atom stereocenters. The molecule has 0 saturated carbocycles. The van der Waals surface area contributed by atoms with E-state index in [1.165, 1.54) is 12.5 Å². The molecule has 1 nitrogen and oxygen atoms in total. The third-order valence-corrected chi connectivity index (χ3v) is 3.28. The van der Waals surface area contributed by atoms with E-state index in [1.807, 2.05) is 13.1 Å². The van der Waals surface area contributed by atoms with Gasteiger partial charge in [-0.2, -0.15) is 0 Å². The first-order valence-electron chi connectivity index (χ1n) is 6.16. The van der Waals surface area contributed by atoms with Crippen molar-refractivity contribution in [1.29, 1.82) is 0 Å². The van der Waals surface area contributed by atoms with Crippen LogP contribution in [-0.4, -0.2) is 7.05 Å². The second kappa shape index (κ2) is 6.97. The van der Waals surface area contributed by atoms with E-state index in [0.717, 1.165) is 24.3 Å². The van der Waals surface area contributed by atoms with E-state index in [9.17, 15) is 4.39 Å². The fraction of sp³-hybridized carbons (Fsp3) is 0.571. The van der Waals surface area contributed by atoms with Crippen LogP contribution in [0.1, 0.15) is 44.7 Å². The van der Waals surface area contributed by atoms with Gasteiger partial charge in [-0.3, -0.25) is 0 Å². The first-order valence-corrected chi connectivity index (χ1v) is 6.54. The van der Waals surface area contributed by atoms with Crippen molar-refractivity contribution >= 4 is 11.6 Å². The lowest BCUT2D eigenvalue weighted by molar-refractivity contribution is 0.469. The second-order valence-electron chi connectivity index (χ2n) is 4.84. The van der Waals surface area contributed by atoms with Crippen LogP contribution in [0.25, 0.3) is 0 Å². The van der Waals surface area contributed by atoms with E-state index in [-0.39, 0.29) is 16.9 Å². The summed E-state index contributed by atoms with van der Waals surface area (Å²) in [4.78, 5) is 0. The van der Waals surface area contributed by atoms with Gasteiger partial charge >= 0.3 is 0 Å². The molecule has 0 saturated heterocycles. The number of rotatable bonds is 6. The standard InChI is InChI=1S/C14H21ClFN/c1-10(2)5-4-6-14(17-3)11-7-8-12(15)13(16)9-11/h7-10,14,17H,4-6H2,1-3H3. The van der Waals surface area contributed by atoms with E-state index >= 15 is 0 Å². The molecule has 1 aromatic carbocycles. The van der Waals surface area contributed by atoms with E-state index in [1.54, 1.807) is 6.07 Å². The molecule has 0 radical (unpaired) electrons. The van der Waals surface area contributed by atoms with Crippen molar-refractivity contribution in [2.45, 2.75) is 39.2 Å². The van der Waals surface area contributed by atoms with Gasteiger partial charge in [-0.15, -0.1) is 0 Å². The largest absolute Gasteiger partial charge is 0.313 e. The van der Waals surface area contributed by atoms with Gasteiger partial charge in [0.2, 0.25) is 0 Å². The molecule has 0 aliphatic carbocycles. The lowest BCUT2D eigenvalue weighted by Gasteiger charge is -2.17. The summed E-state index contributed by atoms with van der Waals surface area (Å²) in [5.74, 6) is 0.378. The fourth-order valence-corrected chi connectivity index (χ4v) is 2.05. The summed E-state index contributed by atoms with van der Waals surface area (Å²) >= 11 is 5.68. The molecule has 0 aliphatic rings. The summed E-state index contributed by atoms with van der Waals surface area (Å²) in [7, 11) is 1.91. The molecule has 1 N–H and O–H groups in total. The minimum atomic E-state index is -0.340. The van der Waals surface area contributed by atoms with Gasteiger partial charge in [0.1, 0.15) is 5.82 Å². The van der Waals surface area contributed by atoms with Crippen LogP contribution < -0.4 is 5.32 Å². The van der Waals surface area contributed by atoms with Gasteiger partial charge in [-0.25, -0.2) is 4.39 Å². The highest BCUT2D eigenvalue weighted by molar-refractivity contribution is 6.30. The SMILES string of the molecule is CNC(CCCC(C)C)c1ccc(Cl)c(F)c1. The van der Waals surface area contributed by atoms with Gasteiger partial charge in [-0.05, 0) is 37.1 Å². The van der Waals surface area contributed by atoms with Crippen molar-refractivity contribution in [3.8, 4) is 0 Å². The zero-order valence-electron chi connectivity index (χ0n) is 10.8. The van der Waals surface area contributed by atoms with Gasteiger partial charge in [-0.1, -0.05) is 44.4 Å². The van der Waals surface area contributed by atoms with E-state index in [2.05, 4.69) is 19.2 Å². The number of benzene rings is 1. The highest BCUT2D eigenvalue weighted by Crippen LogP contribution is 2.24. The molecule has 0 spiro atoms. The average Bonchev–Trinajstić information content (AvgIpc) is 2.28. The second-order valence-corrected chi connectivity index (χ2v) is 5.25. The lowest BCUT2D eigenvalue weighted by atomic mass is 9.98. The third kappa shape index (κ3) is 4.64. The molecular formula is C14H21ClFN. The maximum Gasteiger partial charge on any atom is 0.142 e. The van der Waals surface area contributed by atoms with E-state index in [4.69, 9.17) is 11.6 Å². The topological polar surface area (TPSA) is 12.0 Å². The van der Waals surface area contributed by atoms with Gasteiger partial charge in [0.05, 0.1) is 5.02 Å². The first-order chi connectivity index (χ1) is 8.04. The van der Waals surface area contributed by atoms with Gasteiger partial charge < -0.3 is 5.32 Å². The van der Waals surface area contributed by atoms with E-state index < -0.39 is 0 Å². The van der Waals surface area contributed by atoms with Crippen LogP contribution in [-0.2, 0) is 0 Å². The van der Waals surface area contributed by atoms with Crippen molar-refractivity contribution in [2.75, 3.05) is 7.05 Å². The Hall–Kier alpha value is -0.600. The van der Waals surface area contributed by atoms with Crippen molar-refractivity contribution in [2.24, 2.45) is 5.92 Å². The summed E-state index contributed by atoms with van der Waals surface area (Å²) < 4.78 is 13.4. The lowest BCUT2D eigenvalue weighted by Crippen LogP contribution is -2.16. The molecule has 1 unspecified atom stereocenters. The van der Waals surface area contributed by atoms with Crippen LogP contribution in [0.4, 0.5) is 4.39 Å². The van der Waals surface area contributed by atoms with Crippen molar-refractivity contribution in [3.63, 3.8) is 0 Å². The molecule has 0 heterocycles. The van der Waals surface area contributed by atoms with Gasteiger partial charge in [0.15, 0.2) is 0 Å². The summed E-state index contributed by atoms with van der Waals surface area (Å²) in [6.45, 7) is 4.44. The Kier molecular flexibility index (Phi) is 5.93. The molecule has 96 valence electrons. The zero-order valence-corrected chi connectivity index (χ0v) is 11.5. The Balaban J connectivity index is 2.62. The van der Waals surface area contributed by atoms with Crippen LogP contribution >= 0.6 is 11.6 Å². The Morgan fingerprint density at radius 1 is 1.29 bits per heavy atom. The average molecular weight is 258 g/mol. The van der Waals surface area contributed by atoms with Gasteiger partial charge in [0, 0.05) is 6.04 Å². The van der Waals surface area contributed by atoms with Crippen LogP contribution in [0, 0.1) is 11.7 Å². The van der Waals surface area contributed by atoms with E-state index in [0.29, 0.717) is 0 Å². The highest BCUT2D eigenvalue weighted by Gasteiger charge is 2.11. The fourth-order valence-electron chi connectivity index (χ4n) is 1.94. The quantitative estimate of drug-likeness (QED) is 0.787. The Labute approximate surface area is 108 Å². The maximum atomic E-state index is 13.4. The Morgan fingerprint density at radius 3 is 2.53 bits per heavy atom. The van der Waals surface area contributed by atoms with Crippen molar-refractivity contribution < 1.29 is 4.39 Å². The smallest absolute Gasteiger partial charge is 0.142 e.